The summed E-state index contributed by atoms with van der Waals surface area (Å²) >= 11 is 0. The molecule has 1 atom stereocenters. The Kier molecular flexibility index (Phi) is 2.56. The van der Waals surface area contributed by atoms with Gasteiger partial charge in [0.05, 0.1) is 19.3 Å². The number of rotatable bonds is 2. The van der Waals surface area contributed by atoms with Gasteiger partial charge in [0.25, 0.3) is 5.91 Å². The Labute approximate surface area is 63.9 Å². The molecule has 0 bridgehead atoms. The quantitative estimate of drug-likeness (QED) is 0.457. The molecule has 0 aliphatic carbocycles. The van der Waals surface area contributed by atoms with E-state index in [1.165, 1.54) is 0 Å². The summed E-state index contributed by atoms with van der Waals surface area (Å²) in [6.45, 7) is 1.40. The summed E-state index contributed by atoms with van der Waals surface area (Å²) in [7, 11) is 0. The van der Waals surface area contributed by atoms with Crippen LogP contribution in [-0.2, 0) is 14.3 Å². The second kappa shape index (κ2) is 3.45. The van der Waals surface area contributed by atoms with Crippen LogP contribution in [0.5, 0.6) is 0 Å². The number of ketones is 1. The van der Waals surface area contributed by atoms with E-state index in [9.17, 15) is 9.59 Å². The van der Waals surface area contributed by atoms with Crippen molar-refractivity contribution < 1.29 is 14.3 Å². The Balaban J connectivity index is 2.45. The molecule has 62 valence electrons. The van der Waals surface area contributed by atoms with Crippen LogP contribution in [0.4, 0.5) is 0 Å². The standard InChI is InChI=1S/C6H10N2O3/c7-6(10)5(9)4-3-11-2-1-8-4/h4,8H,1-3H2,(H2,7,10). The smallest absolute Gasteiger partial charge is 0.286 e. The number of primary amides is 1. The highest BCUT2D eigenvalue weighted by Crippen LogP contribution is 1.93. The molecule has 1 rings (SSSR count). The molecule has 5 heteroatoms. The summed E-state index contributed by atoms with van der Waals surface area (Å²) in [6.07, 6.45) is 0. The summed E-state index contributed by atoms with van der Waals surface area (Å²) in [5.74, 6) is -1.52. The lowest BCUT2D eigenvalue weighted by atomic mass is 10.2. The molecule has 1 aliphatic heterocycles. The maximum atomic E-state index is 10.9. The lowest BCUT2D eigenvalue weighted by Crippen LogP contribution is -2.50. The third kappa shape index (κ3) is 1.99. The van der Waals surface area contributed by atoms with Crippen molar-refractivity contribution in [3.8, 4) is 0 Å². The molecule has 1 aliphatic rings. The number of amides is 1. The number of Topliss-reactive ketones (excluding diaryl/α,β-unsaturated/α-hetero) is 1. The van der Waals surface area contributed by atoms with Crippen molar-refractivity contribution in [2.75, 3.05) is 19.8 Å². The van der Waals surface area contributed by atoms with E-state index in [1.807, 2.05) is 0 Å². The maximum Gasteiger partial charge on any atom is 0.286 e. The van der Waals surface area contributed by atoms with E-state index >= 15 is 0 Å². The van der Waals surface area contributed by atoms with Gasteiger partial charge in [-0.25, -0.2) is 0 Å². The number of ether oxygens (including phenoxy) is 1. The summed E-state index contributed by atoms with van der Waals surface area (Å²) < 4.78 is 4.96. The van der Waals surface area contributed by atoms with E-state index in [4.69, 9.17) is 10.5 Å². The number of nitrogens with one attached hydrogen (secondary N) is 1. The number of morpholine rings is 1. The lowest BCUT2D eigenvalue weighted by Gasteiger charge is -2.20. The molecular formula is C6H10N2O3. The topological polar surface area (TPSA) is 81.4 Å². The fourth-order valence-electron chi connectivity index (χ4n) is 0.906. The maximum absolute atomic E-state index is 10.9. The SMILES string of the molecule is NC(=O)C(=O)C1COCCN1. The predicted octanol–water partition coefficient (Wildman–Crippen LogP) is -1.97. The number of hydrogen-bond acceptors (Lipinski definition) is 4. The van der Waals surface area contributed by atoms with Crippen LogP contribution in [0.25, 0.3) is 0 Å². The van der Waals surface area contributed by atoms with Crippen LogP contribution in [0.1, 0.15) is 0 Å². The molecule has 3 N–H and O–H groups in total. The van der Waals surface area contributed by atoms with Gasteiger partial charge in [0.1, 0.15) is 0 Å². The minimum Gasteiger partial charge on any atom is -0.378 e. The van der Waals surface area contributed by atoms with Crippen molar-refractivity contribution in [1.82, 2.24) is 5.32 Å². The largest absolute Gasteiger partial charge is 0.378 e. The average molecular weight is 158 g/mol. The third-order valence-corrected chi connectivity index (χ3v) is 1.48. The second-order valence-electron chi connectivity index (χ2n) is 2.31. The van der Waals surface area contributed by atoms with Crippen LogP contribution >= 0.6 is 0 Å². The number of carbonyl (C=O) groups is 2. The summed E-state index contributed by atoms with van der Waals surface area (Å²) in [5, 5.41) is 2.82. The Bertz CT molecular complexity index is 175. The summed E-state index contributed by atoms with van der Waals surface area (Å²) in [6, 6.07) is -0.541. The van der Waals surface area contributed by atoms with Crippen LogP contribution in [0.15, 0.2) is 0 Å². The van der Waals surface area contributed by atoms with Gasteiger partial charge in [-0.1, -0.05) is 0 Å². The molecule has 0 radical (unpaired) electrons. The number of hydrogen-bond donors (Lipinski definition) is 2. The first-order valence-corrected chi connectivity index (χ1v) is 3.36. The zero-order chi connectivity index (χ0) is 8.27. The van der Waals surface area contributed by atoms with E-state index in [2.05, 4.69) is 5.32 Å². The molecule has 0 aromatic rings. The molecule has 11 heavy (non-hydrogen) atoms. The molecule has 5 nitrogen and oxygen atoms in total. The van der Waals surface area contributed by atoms with Crippen LogP contribution < -0.4 is 11.1 Å². The Morgan fingerprint density at radius 3 is 2.73 bits per heavy atom. The fourth-order valence-corrected chi connectivity index (χ4v) is 0.906. The zero-order valence-electron chi connectivity index (χ0n) is 6.00. The normalized spacial score (nSPS) is 24.5. The van der Waals surface area contributed by atoms with Gasteiger partial charge in [0.15, 0.2) is 0 Å². The van der Waals surface area contributed by atoms with Crippen LogP contribution in [0.3, 0.4) is 0 Å². The number of carbonyl (C=O) groups excluding carboxylic acids is 2. The minimum atomic E-state index is -0.909. The van der Waals surface area contributed by atoms with Gasteiger partial charge >= 0.3 is 0 Å². The van der Waals surface area contributed by atoms with Gasteiger partial charge in [-0.05, 0) is 0 Å². The van der Waals surface area contributed by atoms with Crippen molar-refractivity contribution in [2.24, 2.45) is 5.73 Å². The van der Waals surface area contributed by atoms with Crippen molar-refractivity contribution in [3.63, 3.8) is 0 Å². The average Bonchev–Trinajstić information content (AvgIpc) is 2.05. The fraction of sp³-hybridized carbons (Fsp3) is 0.667. The predicted molar refractivity (Wildman–Crippen MR) is 36.8 cm³/mol. The molecule has 1 heterocycles. The van der Waals surface area contributed by atoms with E-state index in [0.29, 0.717) is 13.2 Å². The van der Waals surface area contributed by atoms with Gasteiger partial charge < -0.3 is 15.8 Å². The zero-order valence-corrected chi connectivity index (χ0v) is 6.00. The van der Waals surface area contributed by atoms with Gasteiger partial charge in [0, 0.05) is 6.54 Å². The van der Waals surface area contributed by atoms with Gasteiger partial charge in [-0.2, -0.15) is 0 Å². The van der Waals surface area contributed by atoms with Crippen molar-refractivity contribution >= 4 is 11.7 Å². The molecule has 0 aromatic heterocycles. The second-order valence-corrected chi connectivity index (χ2v) is 2.31. The van der Waals surface area contributed by atoms with Crippen molar-refractivity contribution in [1.29, 1.82) is 0 Å². The Hall–Kier alpha value is -0.940. The van der Waals surface area contributed by atoms with Crippen LogP contribution in [-0.4, -0.2) is 37.5 Å². The van der Waals surface area contributed by atoms with E-state index in [-0.39, 0.29) is 6.61 Å². The molecular weight excluding hydrogens is 148 g/mol. The molecule has 1 unspecified atom stereocenters. The monoisotopic (exact) mass is 158 g/mol. The molecule has 0 spiro atoms. The lowest BCUT2D eigenvalue weighted by molar-refractivity contribution is -0.138. The molecule has 1 amide bonds. The molecule has 1 fully saturated rings. The van der Waals surface area contributed by atoms with E-state index in [1.54, 1.807) is 0 Å². The highest BCUT2D eigenvalue weighted by atomic mass is 16.5. The number of nitrogens with two attached hydrogens (primary N) is 1. The first kappa shape index (κ1) is 8.16. The van der Waals surface area contributed by atoms with Gasteiger partial charge in [-0.3, -0.25) is 9.59 Å². The van der Waals surface area contributed by atoms with Gasteiger partial charge in [-0.15, -0.1) is 0 Å². The molecule has 0 aromatic carbocycles. The van der Waals surface area contributed by atoms with Crippen molar-refractivity contribution in [3.05, 3.63) is 0 Å². The van der Waals surface area contributed by atoms with E-state index < -0.39 is 17.7 Å². The van der Waals surface area contributed by atoms with E-state index in [0.717, 1.165) is 0 Å². The van der Waals surface area contributed by atoms with Crippen LogP contribution in [0, 0.1) is 0 Å². The first-order valence-electron chi connectivity index (χ1n) is 3.36. The third-order valence-electron chi connectivity index (χ3n) is 1.48. The summed E-state index contributed by atoms with van der Waals surface area (Å²) in [4.78, 5) is 21.3. The highest BCUT2D eigenvalue weighted by Gasteiger charge is 2.24. The molecule has 0 saturated carbocycles. The Morgan fingerprint density at radius 1 is 1.55 bits per heavy atom. The molecule has 1 saturated heterocycles. The highest BCUT2D eigenvalue weighted by molar-refractivity contribution is 6.37. The minimum absolute atomic E-state index is 0.238. The first-order chi connectivity index (χ1) is 5.22. The van der Waals surface area contributed by atoms with Gasteiger partial charge in [0.2, 0.25) is 5.78 Å². The van der Waals surface area contributed by atoms with Crippen molar-refractivity contribution in [2.45, 2.75) is 6.04 Å². The van der Waals surface area contributed by atoms with Crippen LogP contribution in [0.2, 0.25) is 0 Å². The Morgan fingerprint density at radius 2 is 2.27 bits per heavy atom. The summed E-state index contributed by atoms with van der Waals surface area (Å²) in [5.41, 5.74) is 4.78.